The third kappa shape index (κ3) is 4.77. The van der Waals surface area contributed by atoms with E-state index in [4.69, 9.17) is 5.73 Å². The molecule has 1 atom stereocenters. The maximum atomic E-state index is 13.8. The minimum absolute atomic E-state index is 0.0341. The van der Waals surface area contributed by atoms with E-state index >= 15 is 0 Å². The predicted octanol–water partition coefficient (Wildman–Crippen LogP) is 1.72. The van der Waals surface area contributed by atoms with Gasteiger partial charge in [-0.3, -0.25) is 4.79 Å². The highest BCUT2D eigenvalue weighted by Crippen LogP contribution is 2.41. The van der Waals surface area contributed by atoms with E-state index in [2.05, 4.69) is 25.1 Å². The number of rotatable bonds is 4. The molecular formula is C19H15F6N7O4. The minimum atomic E-state index is -5.76. The second kappa shape index (κ2) is 9.06. The molecule has 1 unspecified atom stereocenters. The van der Waals surface area contributed by atoms with Gasteiger partial charge in [0, 0.05) is 18.2 Å². The summed E-state index contributed by atoms with van der Waals surface area (Å²) in [6.45, 7) is 1.47. The Labute approximate surface area is 196 Å². The zero-order valence-electron chi connectivity index (χ0n) is 18.1. The van der Waals surface area contributed by atoms with E-state index in [1.807, 2.05) is 0 Å². The number of amides is 1. The Morgan fingerprint density at radius 2 is 1.81 bits per heavy atom. The number of nitrogens with two attached hydrogens (primary N) is 1. The second-order valence-corrected chi connectivity index (χ2v) is 7.29. The number of nitrogen functional groups attached to an aromatic ring is 1. The molecule has 3 aromatic rings. The van der Waals surface area contributed by atoms with Gasteiger partial charge in [0.2, 0.25) is 0 Å². The number of aliphatic hydroxyl groups is 1. The molecule has 0 aliphatic rings. The number of nitrogens with one attached hydrogen (secondary N) is 1. The van der Waals surface area contributed by atoms with Crippen LogP contribution in [0.4, 0.5) is 32.2 Å². The summed E-state index contributed by atoms with van der Waals surface area (Å²) in [6, 6.07) is 2.55. The van der Waals surface area contributed by atoms with Gasteiger partial charge in [-0.25, -0.2) is 19.4 Å². The van der Waals surface area contributed by atoms with Crippen molar-refractivity contribution in [3.63, 3.8) is 0 Å². The number of halogens is 6. The number of alkyl halides is 6. The molecule has 192 valence electrons. The molecule has 0 saturated heterocycles. The van der Waals surface area contributed by atoms with Crippen LogP contribution in [0.25, 0.3) is 22.6 Å². The van der Waals surface area contributed by atoms with Gasteiger partial charge in [0.1, 0.15) is 11.4 Å². The van der Waals surface area contributed by atoms with Crippen LogP contribution in [0.15, 0.2) is 30.6 Å². The molecule has 2 aromatic heterocycles. The largest absolute Gasteiger partial charge is 0.493 e. The quantitative estimate of drug-likeness (QED) is 0.345. The average molecular weight is 519 g/mol. The monoisotopic (exact) mass is 519 g/mol. The molecule has 0 aliphatic heterocycles. The standard InChI is InChI=1S/C19H15F6N7O4/c1-8-3-4-9(17(35,19(23,24)25)15(33)30-36-16(34)18(20,21)22)5-10(8)11-6-27-14(26)13(29-11)12-7-28-31-32(12)2/h3-7,35H,1-2H3,(H2,26,27)(H,30,33). The summed E-state index contributed by atoms with van der Waals surface area (Å²) in [4.78, 5) is 34.6. The highest BCUT2D eigenvalue weighted by Gasteiger charge is 2.61. The number of aryl methyl sites for hydroxylation is 2. The van der Waals surface area contributed by atoms with E-state index in [9.17, 15) is 41.0 Å². The fourth-order valence-electron chi connectivity index (χ4n) is 2.99. The van der Waals surface area contributed by atoms with Gasteiger partial charge in [0.15, 0.2) is 5.82 Å². The first-order valence-electron chi connectivity index (χ1n) is 9.54. The van der Waals surface area contributed by atoms with Crippen molar-refractivity contribution < 1.29 is 45.9 Å². The van der Waals surface area contributed by atoms with E-state index in [0.29, 0.717) is 22.8 Å². The van der Waals surface area contributed by atoms with E-state index in [1.54, 1.807) is 0 Å². The summed E-state index contributed by atoms with van der Waals surface area (Å²) in [6.07, 6.45) is -8.95. The van der Waals surface area contributed by atoms with Crippen molar-refractivity contribution in [1.82, 2.24) is 30.4 Å². The molecule has 11 nitrogen and oxygen atoms in total. The zero-order valence-corrected chi connectivity index (χ0v) is 18.1. The summed E-state index contributed by atoms with van der Waals surface area (Å²) in [5.41, 5.74) is 1.66. The Morgan fingerprint density at radius 1 is 1.14 bits per heavy atom. The van der Waals surface area contributed by atoms with Crippen molar-refractivity contribution in [3.8, 4) is 22.6 Å². The van der Waals surface area contributed by atoms with Crippen LogP contribution < -0.4 is 11.2 Å². The summed E-state index contributed by atoms with van der Waals surface area (Å²) in [7, 11) is 1.52. The molecule has 0 radical (unpaired) electrons. The van der Waals surface area contributed by atoms with Crippen LogP contribution in [0.1, 0.15) is 11.1 Å². The molecule has 0 aliphatic carbocycles. The molecule has 17 heteroatoms. The highest BCUT2D eigenvalue weighted by atomic mass is 19.4. The second-order valence-electron chi connectivity index (χ2n) is 7.29. The van der Waals surface area contributed by atoms with Gasteiger partial charge in [0.05, 0.1) is 18.1 Å². The minimum Gasteiger partial charge on any atom is -0.382 e. The molecule has 0 saturated carbocycles. The SMILES string of the molecule is Cc1ccc(C(O)(C(=O)NOC(=O)C(F)(F)F)C(F)(F)F)cc1-c1cnc(N)c(-c2cnnn2C)n1. The number of aromatic nitrogens is 5. The Bertz CT molecular complexity index is 1320. The third-order valence-corrected chi connectivity index (χ3v) is 4.90. The van der Waals surface area contributed by atoms with Crippen LogP contribution in [0.3, 0.4) is 0 Å². The van der Waals surface area contributed by atoms with Crippen molar-refractivity contribution in [2.75, 3.05) is 5.73 Å². The Morgan fingerprint density at radius 3 is 2.36 bits per heavy atom. The van der Waals surface area contributed by atoms with E-state index in [0.717, 1.165) is 18.3 Å². The number of hydrogen-bond acceptors (Lipinski definition) is 9. The number of hydrogen-bond donors (Lipinski definition) is 3. The fourth-order valence-corrected chi connectivity index (χ4v) is 2.99. The van der Waals surface area contributed by atoms with Gasteiger partial charge in [0.25, 0.3) is 11.5 Å². The lowest BCUT2D eigenvalue weighted by Crippen LogP contribution is -2.55. The smallest absolute Gasteiger partial charge is 0.382 e. The Hall–Kier alpha value is -4.28. The summed E-state index contributed by atoms with van der Waals surface area (Å²) in [5, 5.41) is 17.8. The van der Waals surface area contributed by atoms with E-state index in [1.165, 1.54) is 24.9 Å². The van der Waals surface area contributed by atoms with Crippen LogP contribution in [0, 0.1) is 6.92 Å². The van der Waals surface area contributed by atoms with Gasteiger partial charge in [-0.2, -0.15) is 31.8 Å². The van der Waals surface area contributed by atoms with Gasteiger partial charge < -0.3 is 15.7 Å². The van der Waals surface area contributed by atoms with Crippen molar-refractivity contribution in [2.45, 2.75) is 24.9 Å². The number of nitrogens with zero attached hydrogens (tertiary/aromatic N) is 5. The van der Waals surface area contributed by atoms with Crippen LogP contribution in [0.5, 0.6) is 0 Å². The Balaban J connectivity index is 2.08. The molecule has 0 bridgehead atoms. The first-order valence-corrected chi connectivity index (χ1v) is 9.54. The molecule has 1 aromatic carbocycles. The Kier molecular flexibility index (Phi) is 6.63. The third-order valence-electron chi connectivity index (χ3n) is 4.90. The van der Waals surface area contributed by atoms with Gasteiger partial charge >= 0.3 is 18.3 Å². The van der Waals surface area contributed by atoms with Crippen LogP contribution in [-0.4, -0.2) is 54.3 Å². The molecule has 4 N–H and O–H groups in total. The van der Waals surface area contributed by atoms with E-state index < -0.39 is 35.4 Å². The predicted molar refractivity (Wildman–Crippen MR) is 107 cm³/mol. The lowest BCUT2D eigenvalue weighted by molar-refractivity contribution is -0.262. The zero-order chi connectivity index (χ0) is 27.1. The molecule has 0 fully saturated rings. The van der Waals surface area contributed by atoms with Gasteiger partial charge in [-0.15, -0.1) is 5.10 Å². The van der Waals surface area contributed by atoms with Gasteiger partial charge in [-0.1, -0.05) is 17.3 Å². The summed E-state index contributed by atoms with van der Waals surface area (Å²) < 4.78 is 79.7. The maximum Gasteiger partial charge on any atom is 0.493 e. The normalized spacial score (nSPS) is 13.7. The summed E-state index contributed by atoms with van der Waals surface area (Å²) >= 11 is 0. The molecular weight excluding hydrogens is 504 g/mol. The molecule has 2 heterocycles. The van der Waals surface area contributed by atoms with Crippen LogP contribution in [-0.2, 0) is 27.1 Å². The lowest BCUT2D eigenvalue weighted by atomic mass is 9.89. The van der Waals surface area contributed by atoms with E-state index in [-0.39, 0.29) is 22.8 Å². The number of carbonyl (C=O) groups excluding carboxylic acids is 2. The van der Waals surface area contributed by atoms with Crippen molar-refractivity contribution in [2.24, 2.45) is 7.05 Å². The maximum absolute atomic E-state index is 13.8. The number of anilines is 1. The molecule has 1 amide bonds. The topological polar surface area (TPSA) is 158 Å². The van der Waals surface area contributed by atoms with Crippen LogP contribution in [0.2, 0.25) is 0 Å². The van der Waals surface area contributed by atoms with Crippen molar-refractivity contribution in [3.05, 3.63) is 41.7 Å². The average Bonchev–Trinajstić information content (AvgIpc) is 3.21. The number of hydroxylamine groups is 1. The molecule has 36 heavy (non-hydrogen) atoms. The van der Waals surface area contributed by atoms with Crippen molar-refractivity contribution >= 4 is 17.7 Å². The van der Waals surface area contributed by atoms with Crippen molar-refractivity contribution in [1.29, 1.82) is 0 Å². The fraction of sp³-hybridized carbons (Fsp3) is 0.263. The lowest BCUT2D eigenvalue weighted by Gasteiger charge is -2.29. The molecule has 3 rings (SSSR count). The number of carbonyl (C=O) groups is 2. The number of benzene rings is 1. The highest BCUT2D eigenvalue weighted by molar-refractivity contribution is 5.88. The first kappa shape index (κ1) is 26.3. The molecule has 0 spiro atoms. The summed E-state index contributed by atoms with van der Waals surface area (Å²) in [5.74, 6) is -5.55. The first-order chi connectivity index (χ1) is 16.6. The van der Waals surface area contributed by atoms with Gasteiger partial charge in [-0.05, 0) is 18.6 Å². The van der Waals surface area contributed by atoms with Crippen LogP contribution >= 0.6 is 0 Å².